The van der Waals surface area contributed by atoms with E-state index in [1.165, 1.54) is 0 Å². The van der Waals surface area contributed by atoms with Gasteiger partial charge in [-0.1, -0.05) is 30.3 Å². The van der Waals surface area contributed by atoms with E-state index < -0.39 is 23.7 Å². The van der Waals surface area contributed by atoms with Crippen LogP contribution in [0.2, 0.25) is 0 Å². The van der Waals surface area contributed by atoms with Crippen LogP contribution in [0, 0.1) is 6.92 Å². The van der Waals surface area contributed by atoms with Gasteiger partial charge in [0.25, 0.3) is 0 Å². The third-order valence-electron chi connectivity index (χ3n) is 2.20. The molecule has 1 rings (SSSR count). The minimum absolute atomic E-state index is 0.141. The molecule has 0 spiro atoms. The third kappa shape index (κ3) is 6.22. The van der Waals surface area contributed by atoms with Gasteiger partial charge in [-0.05, 0) is 33.3 Å². The first-order valence-corrected chi connectivity index (χ1v) is 6.31. The van der Waals surface area contributed by atoms with E-state index in [2.05, 4.69) is 12.2 Å². The molecule has 0 saturated heterocycles. The lowest BCUT2D eigenvalue weighted by molar-refractivity contribution is -0.146. The summed E-state index contributed by atoms with van der Waals surface area (Å²) in [6.45, 7) is 8.88. The van der Waals surface area contributed by atoms with Crippen LogP contribution >= 0.6 is 0 Å². The summed E-state index contributed by atoms with van der Waals surface area (Å²) in [5.41, 5.74) is 0.239. The molecular weight excluding hydrogens is 258 g/mol. The van der Waals surface area contributed by atoms with Crippen molar-refractivity contribution in [3.05, 3.63) is 42.8 Å². The normalized spacial score (nSPS) is 12.4. The van der Waals surface area contributed by atoms with Gasteiger partial charge in [0.1, 0.15) is 18.2 Å². The summed E-state index contributed by atoms with van der Waals surface area (Å²) in [7, 11) is 0. The van der Waals surface area contributed by atoms with Crippen molar-refractivity contribution in [1.82, 2.24) is 5.32 Å². The van der Waals surface area contributed by atoms with Gasteiger partial charge in [0, 0.05) is 0 Å². The minimum atomic E-state index is -1.01. The topological polar surface area (TPSA) is 64.6 Å². The molecule has 0 aliphatic carbocycles. The molecule has 1 aromatic carbocycles. The van der Waals surface area contributed by atoms with Gasteiger partial charge in [0.15, 0.2) is 0 Å². The summed E-state index contributed by atoms with van der Waals surface area (Å²) in [5.74, 6) is -0.611. The number of ether oxygens (including phenoxy) is 2. The summed E-state index contributed by atoms with van der Waals surface area (Å²) in [4.78, 5) is 23.1. The lowest BCUT2D eigenvalue weighted by atomic mass is 10.2. The predicted octanol–water partition coefficient (Wildman–Crippen LogP) is 2.46. The number of esters is 1. The van der Waals surface area contributed by atoms with E-state index in [1.54, 1.807) is 20.8 Å². The summed E-state index contributed by atoms with van der Waals surface area (Å²) in [6.07, 6.45) is -0.700. The zero-order valence-electron chi connectivity index (χ0n) is 12.0. The molecule has 0 aliphatic rings. The van der Waals surface area contributed by atoms with Crippen molar-refractivity contribution in [2.24, 2.45) is 0 Å². The average Bonchev–Trinajstić information content (AvgIpc) is 2.34. The lowest BCUT2D eigenvalue weighted by Crippen LogP contribution is -2.42. The Labute approximate surface area is 119 Å². The molecule has 1 amide bonds. The molecule has 0 saturated carbocycles. The molecule has 0 heterocycles. The SMILES string of the molecule is [CH2]C(NC(=O)OC(C)(C)C)C(=O)OCc1ccccc1. The largest absolute Gasteiger partial charge is 0.459 e. The Morgan fingerprint density at radius 3 is 2.40 bits per heavy atom. The van der Waals surface area contributed by atoms with Crippen molar-refractivity contribution in [2.75, 3.05) is 0 Å². The van der Waals surface area contributed by atoms with Gasteiger partial charge in [-0.25, -0.2) is 9.59 Å². The van der Waals surface area contributed by atoms with Crippen LogP contribution in [0.15, 0.2) is 30.3 Å². The number of amides is 1. The maximum atomic E-state index is 11.7. The fourth-order valence-corrected chi connectivity index (χ4v) is 1.34. The zero-order chi connectivity index (χ0) is 15.2. The van der Waals surface area contributed by atoms with Gasteiger partial charge in [-0.15, -0.1) is 0 Å². The van der Waals surface area contributed by atoms with Gasteiger partial charge in [-0.2, -0.15) is 0 Å². The highest BCUT2D eigenvalue weighted by Gasteiger charge is 2.21. The molecule has 0 bridgehead atoms. The molecule has 20 heavy (non-hydrogen) atoms. The van der Waals surface area contributed by atoms with Crippen molar-refractivity contribution >= 4 is 12.1 Å². The Hall–Kier alpha value is -2.04. The molecule has 5 heteroatoms. The molecular formula is C15H20NO4. The monoisotopic (exact) mass is 278 g/mol. The summed E-state index contributed by atoms with van der Waals surface area (Å²) < 4.78 is 10.1. The lowest BCUT2D eigenvalue weighted by Gasteiger charge is -2.21. The van der Waals surface area contributed by atoms with E-state index in [0.717, 1.165) is 5.56 Å². The maximum absolute atomic E-state index is 11.7. The number of alkyl carbamates (subject to hydrolysis) is 1. The summed E-state index contributed by atoms with van der Waals surface area (Å²) in [6, 6.07) is 8.25. The van der Waals surface area contributed by atoms with E-state index in [9.17, 15) is 9.59 Å². The van der Waals surface area contributed by atoms with E-state index >= 15 is 0 Å². The van der Waals surface area contributed by atoms with Crippen LogP contribution in [-0.4, -0.2) is 23.7 Å². The van der Waals surface area contributed by atoms with E-state index in [4.69, 9.17) is 9.47 Å². The maximum Gasteiger partial charge on any atom is 0.408 e. The number of hydrogen-bond acceptors (Lipinski definition) is 4. The number of hydrogen-bond donors (Lipinski definition) is 1. The van der Waals surface area contributed by atoms with Crippen molar-refractivity contribution in [3.8, 4) is 0 Å². The number of benzene rings is 1. The highest BCUT2D eigenvalue weighted by molar-refractivity contribution is 5.82. The standard InChI is InChI=1S/C15H20NO4/c1-11(16-14(18)20-15(2,3)4)13(17)19-10-12-8-6-5-7-9-12/h5-9,11H,1,10H2,2-4H3,(H,16,18). The van der Waals surface area contributed by atoms with Crippen molar-refractivity contribution in [3.63, 3.8) is 0 Å². The highest BCUT2D eigenvalue weighted by Crippen LogP contribution is 2.07. The Balaban J connectivity index is 2.38. The van der Waals surface area contributed by atoms with E-state index in [1.807, 2.05) is 30.3 Å². The summed E-state index contributed by atoms with van der Waals surface area (Å²) in [5, 5.41) is 2.33. The number of rotatable bonds is 4. The van der Waals surface area contributed by atoms with Gasteiger partial charge in [0.05, 0.1) is 0 Å². The fourth-order valence-electron chi connectivity index (χ4n) is 1.34. The first-order chi connectivity index (χ1) is 9.28. The molecule has 0 aliphatic heterocycles. The Kier molecular flexibility index (Phi) is 5.55. The Bertz CT molecular complexity index is 451. The Morgan fingerprint density at radius 1 is 1.25 bits per heavy atom. The van der Waals surface area contributed by atoms with Crippen molar-refractivity contribution in [1.29, 1.82) is 0 Å². The molecule has 0 fully saturated rings. The van der Waals surface area contributed by atoms with Crippen LogP contribution in [0.1, 0.15) is 26.3 Å². The van der Waals surface area contributed by atoms with Crippen LogP contribution in [0.5, 0.6) is 0 Å². The van der Waals surface area contributed by atoms with Crippen LogP contribution in [0.25, 0.3) is 0 Å². The van der Waals surface area contributed by atoms with Gasteiger partial charge >= 0.3 is 12.1 Å². The van der Waals surface area contributed by atoms with E-state index in [-0.39, 0.29) is 6.61 Å². The van der Waals surface area contributed by atoms with Crippen LogP contribution in [0.4, 0.5) is 4.79 Å². The molecule has 1 aromatic rings. The van der Waals surface area contributed by atoms with Crippen molar-refractivity contribution < 1.29 is 19.1 Å². The molecule has 109 valence electrons. The first kappa shape index (κ1) is 16.0. The minimum Gasteiger partial charge on any atom is -0.459 e. The molecule has 1 atom stereocenters. The highest BCUT2D eigenvalue weighted by atomic mass is 16.6. The summed E-state index contributed by atoms with van der Waals surface area (Å²) >= 11 is 0. The second-order valence-electron chi connectivity index (χ2n) is 5.29. The zero-order valence-corrected chi connectivity index (χ0v) is 12.0. The molecule has 1 N–H and O–H groups in total. The number of carbonyl (C=O) groups excluding carboxylic acids is 2. The molecule has 1 unspecified atom stereocenters. The molecule has 0 aromatic heterocycles. The first-order valence-electron chi connectivity index (χ1n) is 6.31. The third-order valence-corrected chi connectivity index (χ3v) is 2.20. The van der Waals surface area contributed by atoms with Crippen LogP contribution in [0.3, 0.4) is 0 Å². The Morgan fingerprint density at radius 2 is 1.85 bits per heavy atom. The second kappa shape index (κ2) is 6.93. The van der Waals surface area contributed by atoms with Crippen molar-refractivity contribution in [2.45, 2.75) is 39.0 Å². The quantitative estimate of drug-likeness (QED) is 0.859. The molecule has 1 radical (unpaired) electrons. The van der Waals surface area contributed by atoms with Gasteiger partial charge < -0.3 is 14.8 Å². The number of carbonyl (C=O) groups is 2. The van der Waals surface area contributed by atoms with Gasteiger partial charge in [-0.3, -0.25) is 0 Å². The van der Waals surface area contributed by atoms with Gasteiger partial charge in [0.2, 0.25) is 0 Å². The van der Waals surface area contributed by atoms with E-state index in [0.29, 0.717) is 0 Å². The van der Waals surface area contributed by atoms with Crippen LogP contribution in [-0.2, 0) is 20.9 Å². The van der Waals surface area contributed by atoms with Crippen LogP contribution < -0.4 is 5.32 Å². The smallest absolute Gasteiger partial charge is 0.408 e. The predicted molar refractivity (Wildman–Crippen MR) is 74.8 cm³/mol. The fraction of sp³-hybridized carbons (Fsp3) is 0.400. The molecule has 5 nitrogen and oxygen atoms in total. The second-order valence-corrected chi connectivity index (χ2v) is 5.29. The number of nitrogens with one attached hydrogen (secondary N) is 1. The average molecular weight is 278 g/mol.